The van der Waals surface area contributed by atoms with E-state index in [1.165, 1.54) is 68.1 Å². The molecule has 10 aromatic carbocycles. The number of fused-ring (bicyclic) bond motifs is 10. The first-order valence-electron chi connectivity index (χ1n) is 32.2. The molecule has 112 heavy (non-hydrogen) atoms. The Labute approximate surface area is 780 Å². The van der Waals surface area contributed by atoms with Gasteiger partial charge in [-0.2, -0.15) is 0 Å². The zero-order valence-electron chi connectivity index (χ0n) is 60.2. The van der Waals surface area contributed by atoms with Gasteiger partial charge in [-0.15, -0.1) is 18.5 Å². The summed E-state index contributed by atoms with van der Waals surface area (Å²) >= 11 is 16.1. The minimum absolute atomic E-state index is 0.543. The topological polar surface area (TPSA) is 34.8 Å². The van der Waals surface area contributed by atoms with Crippen molar-refractivity contribution in [3.05, 3.63) is 231 Å². The van der Waals surface area contributed by atoms with E-state index in [0.29, 0.717) is 0 Å². The fourth-order valence-electron chi connectivity index (χ4n) is 10.2. The zero-order chi connectivity index (χ0) is 80.0. The molecule has 6 nitrogen and oxygen atoms in total. The molecule has 2 aromatic heterocycles. The molecule has 2 unspecified atom stereocenters. The average Bonchev–Trinajstić information content (AvgIpc) is 1.50. The Kier molecular flexibility index (Phi) is 49.0. The Hall–Kier alpha value is 1.37. The van der Waals surface area contributed by atoms with Gasteiger partial charge in [0.15, 0.2) is 23.0 Å². The summed E-state index contributed by atoms with van der Waals surface area (Å²) in [5, 5.41) is 7.17. The monoisotopic (exact) mass is 2430 g/mol. The van der Waals surface area contributed by atoms with Gasteiger partial charge in [0.25, 0.3) is 0 Å². The molecule has 0 fully saturated rings. The van der Waals surface area contributed by atoms with E-state index < -0.39 is 56.8 Å². The molecule has 4 heterocycles. The number of benzene rings is 10. The number of ether oxygens (including phenoxy) is 2. The second kappa shape index (κ2) is 55.6. The van der Waals surface area contributed by atoms with E-state index in [0.717, 1.165) is 90.1 Å². The van der Waals surface area contributed by atoms with Crippen LogP contribution in [0, 0.1) is 0 Å². The molecule has 0 bridgehead atoms. The van der Waals surface area contributed by atoms with Crippen LogP contribution in [0.25, 0.3) is 55.0 Å². The molecule has 2 atom stereocenters. The van der Waals surface area contributed by atoms with Gasteiger partial charge in [-0.25, -0.2) is 0 Å². The van der Waals surface area contributed by atoms with Crippen molar-refractivity contribution in [2.75, 3.05) is 9.80 Å². The van der Waals surface area contributed by atoms with Crippen LogP contribution in [-0.2, 0) is 285 Å². The average molecular weight is 2430 g/mol. The number of halogens is 1. The number of nitrogens with zero attached hydrogens (tertiary/aromatic N) is 4. The van der Waals surface area contributed by atoms with Crippen LogP contribution in [0.1, 0.15) is 0 Å². The van der Waals surface area contributed by atoms with Crippen LogP contribution in [0.3, 0.4) is 0 Å². The van der Waals surface area contributed by atoms with Crippen molar-refractivity contribution in [2.24, 2.45) is 0 Å². The molecular formula is C69H69ClN4O2P2S31Sn3. The van der Waals surface area contributed by atoms with Crippen molar-refractivity contribution in [1.29, 1.82) is 0 Å². The molecule has 14 rings (SSSR count). The van der Waals surface area contributed by atoms with Crippen molar-refractivity contribution in [3.63, 3.8) is 0 Å². The molecule has 0 saturated heterocycles. The van der Waals surface area contributed by atoms with Gasteiger partial charge in [0.05, 0.1) is 44.8 Å². The first-order valence-corrected chi connectivity index (χ1v) is 101. The van der Waals surface area contributed by atoms with Crippen molar-refractivity contribution in [1.82, 2.24) is 9.13 Å². The van der Waals surface area contributed by atoms with E-state index in [9.17, 15) is 0 Å². The normalized spacial score (nSPS) is 10.7. The number of hydrogen-bond acceptors (Lipinski definition) is 8. The number of aromatic nitrogens is 2. The third-order valence-corrected chi connectivity index (χ3v) is 70.0. The fraction of sp³-hybridized carbons (Fsp3) is 0.130. The zero-order valence-corrected chi connectivity index (χ0v) is 97.2. The van der Waals surface area contributed by atoms with Crippen LogP contribution in [-0.4, -0.2) is 65.9 Å². The fourth-order valence-corrected chi connectivity index (χ4v) is 73.7. The van der Waals surface area contributed by atoms with Crippen molar-refractivity contribution < 1.29 is 9.47 Å². The summed E-state index contributed by atoms with van der Waals surface area (Å²) in [5.74, 6) is 3.40. The first-order chi connectivity index (χ1) is 54.3. The second-order valence-electron chi connectivity index (χ2n) is 23.9. The summed E-state index contributed by atoms with van der Waals surface area (Å²) in [6, 6.07) is 80.7. The van der Waals surface area contributed by atoms with Gasteiger partial charge in [0, 0.05) is 341 Å². The van der Waals surface area contributed by atoms with Crippen molar-refractivity contribution >= 4 is 457 Å². The molecule has 12 aromatic rings. The summed E-state index contributed by atoms with van der Waals surface area (Å²) < 4.78 is 17.6. The van der Waals surface area contributed by atoms with Crippen LogP contribution in [0.5, 0.6) is 23.0 Å². The van der Waals surface area contributed by atoms with Gasteiger partial charge >= 0.3 is 110 Å². The molecule has 0 saturated carbocycles. The molecule has 592 valence electrons. The Balaban J connectivity index is 0.000000188. The predicted octanol–water partition coefficient (Wildman–Crippen LogP) is 20.4. The SMILES string of the molecule is Pc1ccc(N2c3ccccc3Oc3cc4c(cc32)c2ccccc2n4-c2ccccc2)cc1.Pc1ccc(N2c3ccccc3Oc3cc4c(cc32)c2ccccc2n4-c2ccccc2)cc1.S=S=S=S=S=S=S=S=S=S=S=S=S=S=S.S=S=S=S=S=S=S=S=S=S=S=S=S=S=S=S.[CH3][Sn]([CH3])([CH3])[Cl].[CH3][Sn]([CH3])[CH3].[CH3][Sn]([CH3])[CH3]. The third kappa shape index (κ3) is 33.1. The standard InChI is InChI=1S/2C30H21N2OP.9CH3.ClH.S16.S15.3Sn/c2*34-22-16-14-21(15-17-22)32-26-12-6-7-13-29(26)33-30-19-27-24(18-28(30)32)23-10-4-5-11-25(23)31(27)20-8-2-1-3-9-20;;;;;;;;;;;1-3-5-7-9-11-13-15-16-14-12-10-8-6-4-2;1-3-5-7-9-11-13-15-14-12-10-8-6-4-2;;;/h2*1-19H,34H2;9*1H3;1H;;;;;/q;;;;;;;;;;;;;;;;+1/p-1. The van der Waals surface area contributed by atoms with Crippen LogP contribution in [0.15, 0.2) is 231 Å². The quantitative estimate of drug-likeness (QED) is 0.127. The van der Waals surface area contributed by atoms with Gasteiger partial charge in [-0.1, -0.05) is 121 Å². The number of anilines is 6. The van der Waals surface area contributed by atoms with E-state index in [2.05, 4.69) is 288 Å². The molecule has 0 amide bonds. The summed E-state index contributed by atoms with van der Waals surface area (Å²) in [4.78, 5) is 25.3. The van der Waals surface area contributed by atoms with Crippen LogP contribution in [0.4, 0.5) is 34.1 Å². The summed E-state index contributed by atoms with van der Waals surface area (Å²) in [7, 11) is 56.5. The Morgan fingerprint density at radius 1 is 0.286 bits per heavy atom. The van der Waals surface area contributed by atoms with Gasteiger partial charge in [0.2, 0.25) is 0 Å². The van der Waals surface area contributed by atoms with Crippen LogP contribution >= 0.6 is 27.4 Å². The van der Waals surface area contributed by atoms with Crippen molar-refractivity contribution in [2.45, 2.75) is 44.5 Å². The van der Waals surface area contributed by atoms with E-state index in [4.69, 9.17) is 63.1 Å². The number of rotatable bonds is 4. The Morgan fingerprint density at radius 3 is 0.821 bits per heavy atom. The third-order valence-electron chi connectivity index (χ3n) is 13.7. The molecular weight excluding hydrogens is 2360 g/mol. The maximum absolute atomic E-state index is 6.49. The molecule has 0 spiro atoms. The molecule has 43 heteroatoms. The number of para-hydroxylation sites is 8. The Morgan fingerprint density at radius 2 is 0.536 bits per heavy atom. The van der Waals surface area contributed by atoms with Crippen molar-refractivity contribution in [3.8, 4) is 34.4 Å². The Bertz CT molecular complexity index is 6300. The van der Waals surface area contributed by atoms with Gasteiger partial charge < -0.3 is 28.4 Å². The number of hydrogen-bond donors (Lipinski definition) is 0. The summed E-state index contributed by atoms with van der Waals surface area (Å²) in [6.07, 6.45) is 0. The van der Waals surface area contributed by atoms with Crippen LogP contribution in [0.2, 0.25) is 44.5 Å². The first kappa shape index (κ1) is 98.8. The predicted molar refractivity (Wildman–Crippen MR) is 594 cm³/mol. The molecule has 2 aliphatic rings. The maximum atomic E-state index is 6.49. The minimum atomic E-state index is -1.71. The van der Waals surface area contributed by atoms with E-state index in [-0.39, 0.29) is 0 Å². The van der Waals surface area contributed by atoms with E-state index >= 15 is 0 Å². The molecule has 2 radical (unpaired) electrons. The molecule has 2 aliphatic heterocycles. The second-order valence-corrected chi connectivity index (χ2v) is 110. The van der Waals surface area contributed by atoms with E-state index in [1.54, 1.807) is 204 Å². The summed E-state index contributed by atoms with van der Waals surface area (Å²) in [5.41, 5.74) is 13.3. The van der Waals surface area contributed by atoms with E-state index in [1.807, 2.05) is 24.3 Å². The molecule has 0 aliphatic carbocycles. The van der Waals surface area contributed by atoms with Gasteiger partial charge in [0.1, 0.15) is 0 Å². The van der Waals surface area contributed by atoms with Gasteiger partial charge in [-0.3, -0.25) is 0 Å². The van der Waals surface area contributed by atoms with Crippen LogP contribution < -0.4 is 29.9 Å². The summed E-state index contributed by atoms with van der Waals surface area (Å²) in [6.45, 7) is 0. The molecule has 0 N–H and O–H groups in total. The van der Waals surface area contributed by atoms with Gasteiger partial charge in [-0.05, 0) is 108 Å².